The van der Waals surface area contributed by atoms with Crippen LogP contribution in [-0.2, 0) is 20.1 Å². The van der Waals surface area contributed by atoms with Crippen molar-refractivity contribution < 1.29 is 29.3 Å². The number of thiophene rings is 1. The molecule has 7 nitrogen and oxygen atoms in total. The second kappa shape index (κ2) is 20.5. The number of benzene rings is 10. The molecule has 0 saturated carbocycles. The van der Waals surface area contributed by atoms with Gasteiger partial charge in [-0.15, -0.1) is 17.4 Å². The number of ether oxygens (including phenoxy) is 1. The van der Waals surface area contributed by atoms with Crippen LogP contribution in [0, 0.1) is 13.0 Å². The van der Waals surface area contributed by atoms with Gasteiger partial charge >= 0.3 is 0 Å². The van der Waals surface area contributed by atoms with E-state index in [1.165, 1.54) is 70.6 Å². The fraction of sp³-hybridized carbons (Fsp3) is 0.0278. The minimum atomic E-state index is 0. The predicted octanol–water partition coefficient (Wildman–Crippen LogP) is 19.0. The normalized spacial score (nSPS) is 11.5. The largest absolute Gasteiger partial charge is 0.495 e. The molecule has 81 heavy (non-hydrogen) atoms. The third kappa shape index (κ3) is 8.71. The summed E-state index contributed by atoms with van der Waals surface area (Å²) in [6.07, 6.45) is 7.86. The monoisotopic (exact) mass is 1240 g/mol. The Morgan fingerprint density at radius 1 is 0.506 bits per heavy atom. The van der Waals surface area contributed by atoms with Gasteiger partial charge in [0.2, 0.25) is 0 Å². The zero-order valence-electron chi connectivity index (χ0n) is 44.0. The van der Waals surface area contributed by atoms with Crippen molar-refractivity contribution in [1.29, 1.82) is 0 Å². The molecule has 10 aromatic carbocycles. The SMILES string of the molecule is COc1c(-c2ccccc2)cc(C)cc1-c1ccc(-c2cnn(-c3[c-]cccc3)c2)cc1.[Ir].c1cc(-c2ccc3c(c2)c2sccc2c2nccn32)cc(-n2c3ccccc3c3cc(-c4ccc5oc6ccccc6c5c4)ccc32)c1. The molecule has 1 radical (unpaired) electrons. The van der Waals surface area contributed by atoms with Gasteiger partial charge in [-0.1, -0.05) is 121 Å². The minimum Gasteiger partial charge on any atom is -0.495 e. The first kappa shape index (κ1) is 49.6. The Balaban J connectivity index is 0.000000156. The second-order valence-electron chi connectivity index (χ2n) is 20.2. The molecule has 0 aliphatic heterocycles. The van der Waals surface area contributed by atoms with Crippen molar-refractivity contribution in [2.24, 2.45) is 0 Å². The van der Waals surface area contributed by atoms with Crippen molar-refractivity contribution in [3.63, 3.8) is 0 Å². The van der Waals surface area contributed by atoms with Crippen LogP contribution in [0.3, 0.4) is 0 Å². The van der Waals surface area contributed by atoms with Crippen LogP contribution in [0.15, 0.2) is 259 Å². The van der Waals surface area contributed by atoms with E-state index in [2.05, 4.69) is 226 Å². The number of rotatable bonds is 8. The van der Waals surface area contributed by atoms with Crippen LogP contribution in [0.2, 0.25) is 0 Å². The number of hydrogen-bond acceptors (Lipinski definition) is 5. The van der Waals surface area contributed by atoms with E-state index < -0.39 is 0 Å². The minimum absolute atomic E-state index is 0. The van der Waals surface area contributed by atoms with E-state index in [1.807, 2.05) is 65.7 Å². The summed E-state index contributed by atoms with van der Waals surface area (Å²) in [5.74, 6) is 0.891. The van der Waals surface area contributed by atoms with E-state index >= 15 is 0 Å². The predicted molar refractivity (Wildman–Crippen MR) is 331 cm³/mol. The van der Waals surface area contributed by atoms with Crippen molar-refractivity contribution in [3.8, 4) is 72.8 Å². The summed E-state index contributed by atoms with van der Waals surface area (Å²) >= 11 is 1.78. The first-order chi connectivity index (χ1) is 39.5. The summed E-state index contributed by atoms with van der Waals surface area (Å²) in [4.78, 5) is 4.65. The van der Waals surface area contributed by atoms with Gasteiger partial charge in [-0.2, -0.15) is 29.4 Å². The Hall–Kier alpha value is -9.63. The number of pyridine rings is 1. The van der Waals surface area contributed by atoms with Gasteiger partial charge in [-0.3, -0.25) is 9.08 Å². The molecule has 0 N–H and O–H groups in total. The quantitative estimate of drug-likeness (QED) is 0.142. The van der Waals surface area contributed by atoms with E-state index in [4.69, 9.17) is 9.15 Å². The summed E-state index contributed by atoms with van der Waals surface area (Å²) in [6.45, 7) is 2.12. The van der Waals surface area contributed by atoms with Crippen LogP contribution in [-0.4, -0.2) is 30.8 Å². The van der Waals surface area contributed by atoms with Crippen LogP contribution in [0.5, 0.6) is 5.75 Å². The zero-order chi connectivity index (χ0) is 53.3. The topological polar surface area (TPSA) is 62.4 Å². The van der Waals surface area contributed by atoms with Crippen molar-refractivity contribution in [2.45, 2.75) is 6.92 Å². The van der Waals surface area contributed by atoms with E-state index in [0.29, 0.717) is 0 Å². The average molecular weight is 1240 g/mol. The number of fused-ring (bicyclic) bond motifs is 12. The number of methoxy groups -OCH3 is 1. The third-order valence-electron chi connectivity index (χ3n) is 15.4. The molecular formula is C72H48IrN5O2S-. The Kier molecular flexibility index (Phi) is 12.6. The molecule has 6 aromatic heterocycles. The molecule has 0 spiro atoms. The number of furan rings is 1. The molecule has 0 atom stereocenters. The van der Waals surface area contributed by atoms with Gasteiger partial charge in [0, 0.05) is 98.1 Å². The van der Waals surface area contributed by atoms with Crippen molar-refractivity contribution in [3.05, 3.63) is 266 Å². The fourth-order valence-electron chi connectivity index (χ4n) is 11.7. The van der Waals surface area contributed by atoms with Gasteiger partial charge in [0.15, 0.2) is 0 Å². The third-order valence-corrected chi connectivity index (χ3v) is 16.4. The summed E-state index contributed by atoms with van der Waals surface area (Å²) in [5, 5.41) is 13.9. The summed E-state index contributed by atoms with van der Waals surface area (Å²) in [5.41, 5.74) is 21.1. The number of imidazole rings is 1. The molecule has 0 aliphatic carbocycles. The molecular weight excluding hydrogens is 1190 g/mol. The Bertz CT molecular complexity index is 5010. The van der Waals surface area contributed by atoms with Gasteiger partial charge < -0.3 is 13.7 Å². The van der Waals surface area contributed by atoms with Gasteiger partial charge in [-0.25, -0.2) is 4.98 Å². The molecule has 16 aromatic rings. The maximum atomic E-state index is 6.11. The van der Waals surface area contributed by atoms with Gasteiger partial charge in [0.05, 0.1) is 29.9 Å². The standard InChI is InChI=1S/C43H25N3OS.C29H23N2O.Ir/c1-3-10-38-31(8-1)34-23-27(29-14-17-41-35(24-29)32-9-2-4-11-40(32)47-41)13-16-39(34)46(38)30-7-5-6-26(22-30)28-12-15-37-36(25-28)42-33(18-21-48-42)43-44-19-20-45(37)43;1-21-17-27(23-9-5-3-6-10-23)29(32-2)28(18-21)24-15-13-22(14-16-24)25-19-30-31(20-25)26-11-7-4-8-12-26;/h1-25H;3-11,13-20H,1-2H3;/q;-1;. The zero-order valence-corrected chi connectivity index (χ0v) is 47.3. The van der Waals surface area contributed by atoms with Crippen LogP contribution >= 0.6 is 11.3 Å². The molecule has 0 aliphatic rings. The van der Waals surface area contributed by atoms with Crippen molar-refractivity contribution in [2.75, 3.05) is 7.11 Å². The first-order valence-electron chi connectivity index (χ1n) is 26.7. The van der Waals surface area contributed by atoms with Crippen molar-refractivity contribution in [1.82, 2.24) is 23.7 Å². The first-order valence-corrected chi connectivity index (χ1v) is 27.6. The Morgan fingerprint density at radius 2 is 1.15 bits per heavy atom. The fourth-order valence-corrected chi connectivity index (χ4v) is 12.6. The van der Waals surface area contributed by atoms with Crippen LogP contribution < -0.4 is 4.74 Å². The summed E-state index contributed by atoms with van der Waals surface area (Å²) in [7, 11) is 1.74. The Morgan fingerprint density at radius 3 is 1.95 bits per heavy atom. The van der Waals surface area contributed by atoms with Gasteiger partial charge in [-0.05, 0) is 141 Å². The molecule has 389 valence electrons. The van der Waals surface area contributed by atoms with Crippen LogP contribution in [0.1, 0.15) is 5.56 Å². The van der Waals surface area contributed by atoms with E-state index in [9.17, 15) is 0 Å². The van der Waals surface area contributed by atoms with Crippen molar-refractivity contribution >= 4 is 81.7 Å². The van der Waals surface area contributed by atoms with E-state index in [0.717, 1.165) is 78.1 Å². The molecule has 0 amide bonds. The van der Waals surface area contributed by atoms with Crippen LogP contribution in [0.25, 0.3) is 137 Å². The summed E-state index contributed by atoms with van der Waals surface area (Å²) in [6, 6.07) is 82.6. The maximum Gasteiger partial charge on any atom is 0.145 e. The number of para-hydroxylation sites is 3. The smallest absolute Gasteiger partial charge is 0.145 e. The maximum absolute atomic E-state index is 6.11. The molecule has 0 fully saturated rings. The molecule has 0 bridgehead atoms. The number of nitrogens with zero attached hydrogens (tertiary/aromatic N) is 5. The number of aromatic nitrogens is 5. The Labute approximate surface area is 484 Å². The molecule has 0 unspecified atom stereocenters. The van der Waals surface area contributed by atoms with Gasteiger partial charge in [0.1, 0.15) is 22.6 Å². The molecule has 16 rings (SSSR count). The molecule has 9 heteroatoms. The second-order valence-corrected chi connectivity index (χ2v) is 21.1. The van der Waals surface area contributed by atoms with E-state index in [-0.39, 0.29) is 20.1 Å². The van der Waals surface area contributed by atoms with E-state index in [1.54, 1.807) is 18.4 Å². The van der Waals surface area contributed by atoms with Crippen LogP contribution in [0.4, 0.5) is 0 Å². The molecule has 6 heterocycles. The average Bonchev–Trinajstić information content (AvgIpc) is 4.59. The number of aryl methyl sites for hydroxylation is 1. The van der Waals surface area contributed by atoms with Gasteiger partial charge in [0.25, 0.3) is 0 Å². The summed E-state index contributed by atoms with van der Waals surface area (Å²) < 4.78 is 19.7. The number of hydrogen-bond donors (Lipinski definition) is 0. The molecule has 0 saturated heterocycles.